The SMILES string of the molecule is NC1=NC2(CCc3ccc(NC(=O)c4ccc(Cl)cn4)cc32)CO1. The van der Waals surface area contributed by atoms with Gasteiger partial charge in [-0.3, -0.25) is 4.79 Å². The van der Waals surface area contributed by atoms with Gasteiger partial charge in [0.05, 0.1) is 5.02 Å². The number of carbonyl (C=O) groups excluding carboxylic acids is 1. The molecule has 24 heavy (non-hydrogen) atoms. The van der Waals surface area contributed by atoms with E-state index < -0.39 is 5.54 Å². The maximum atomic E-state index is 12.3. The molecule has 6 nitrogen and oxygen atoms in total. The lowest BCUT2D eigenvalue weighted by Gasteiger charge is -2.19. The number of aliphatic imine (C=N–C) groups is 1. The average molecular weight is 343 g/mol. The lowest BCUT2D eigenvalue weighted by Crippen LogP contribution is -2.22. The van der Waals surface area contributed by atoms with Crippen LogP contribution in [0.15, 0.2) is 41.5 Å². The van der Waals surface area contributed by atoms with E-state index in [4.69, 9.17) is 22.1 Å². The summed E-state index contributed by atoms with van der Waals surface area (Å²) in [6, 6.07) is 9.29. The highest BCUT2D eigenvalue weighted by Gasteiger charge is 2.43. The topological polar surface area (TPSA) is 89.6 Å². The number of nitrogens with two attached hydrogens (primary N) is 1. The molecule has 0 radical (unpaired) electrons. The third-order valence-corrected chi connectivity index (χ3v) is 4.64. The minimum Gasteiger partial charge on any atom is -0.462 e. The Balaban J connectivity index is 1.61. The summed E-state index contributed by atoms with van der Waals surface area (Å²) in [5.74, 6) is -0.288. The van der Waals surface area contributed by atoms with Crippen LogP contribution in [0.25, 0.3) is 0 Å². The number of amidine groups is 1. The zero-order chi connectivity index (χ0) is 16.7. The van der Waals surface area contributed by atoms with Gasteiger partial charge in [0.2, 0.25) is 0 Å². The first-order valence-corrected chi connectivity index (χ1v) is 7.98. The Morgan fingerprint density at radius 3 is 2.92 bits per heavy atom. The molecule has 2 aromatic rings. The Morgan fingerprint density at radius 2 is 2.21 bits per heavy atom. The number of aryl methyl sites for hydroxylation is 1. The van der Waals surface area contributed by atoms with E-state index in [1.807, 2.05) is 18.2 Å². The van der Waals surface area contributed by atoms with Gasteiger partial charge in [0.25, 0.3) is 11.9 Å². The second-order valence-electron chi connectivity index (χ2n) is 5.96. The van der Waals surface area contributed by atoms with Crippen molar-refractivity contribution in [2.75, 3.05) is 11.9 Å². The van der Waals surface area contributed by atoms with Gasteiger partial charge in [0.15, 0.2) is 0 Å². The van der Waals surface area contributed by atoms with E-state index in [0.717, 1.165) is 18.4 Å². The second kappa shape index (κ2) is 5.49. The number of carbonyl (C=O) groups is 1. The van der Waals surface area contributed by atoms with Crippen LogP contribution in [-0.4, -0.2) is 23.5 Å². The summed E-state index contributed by atoms with van der Waals surface area (Å²) in [4.78, 5) is 20.8. The van der Waals surface area contributed by atoms with Crippen molar-refractivity contribution in [1.29, 1.82) is 0 Å². The van der Waals surface area contributed by atoms with Crippen LogP contribution < -0.4 is 11.1 Å². The Bertz CT molecular complexity index is 850. The van der Waals surface area contributed by atoms with Gasteiger partial charge in [0.1, 0.15) is 17.8 Å². The molecule has 0 fully saturated rings. The van der Waals surface area contributed by atoms with Crippen molar-refractivity contribution < 1.29 is 9.53 Å². The zero-order valence-corrected chi connectivity index (χ0v) is 13.5. The fourth-order valence-electron chi connectivity index (χ4n) is 3.22. The molecule has 0 bridgehead atoms. The lowest BCUT2D eigenvalue weighted by molar-refractivity contribution is 0.102. The van der Waals surface area contributed by atoms with Crippen molar-refractivity contribution >= 4 is 29.2 Å². The number of anilines is 1. The Kier molecular flexibility index (Phi) is 3.42. The van der Waals surface area contributed by atoms with Crippen molar-refractivity contribution in [3.05, 3.63) is 58.4 Å². The summed E-state index contributed by atoms with van der Waals surface area (Å²) in [6.07, 6.45) is 3.23. The van der Waals surface area contributed by atoms with Gasteiger partial charge in [-0.15, -0.1) is 0 Å². The summed E-state index contributed by atoms with van der Waals surface area (Å²) in [6.45, 7) is 0.446. The molecule has 122 valence electrons. The summed E-state index contributed by atoms with van der Waals surface area (Å²) in [7, 11) is 0. The summed E-state index contributed by atoms with van der Waals surface area (Å²) in [5, 5.41) is 3.35. The van der Waals surface area contributed by atoms with Crippen LogP contribution >= 0.6 is 11.6 Å². The zero-order valence-electron chi connectivity index (χ0n) is 12.8. The number of nitrogens with zero attached hydrogens (tertiary/aromatic N) is 2. The van der Waals surface area contributed by atoms with Crippen molar-refractivity contribution in [2.24, 2.45) is 10.7 Å². The van der Waals surface area contributed by atoms with E-state index in [9.17, 15) is 4.79 Å². The Labute approximate surface area is 143 Å². The van der Waals surface area contributed by atoms with E-state index in [0.29, 0.717) is 23.0 Å². The third-order valence-electron chi connectivity index (χ3n) is 4.42. The normalized spacial score (nSPS) is 21.3. The highest BCUT2D eigenvalue weighted by molar-refractivity contribution is 6.30. The number of benzene rings is 1. The van der Waals surface area contributed by atoms with Gasteiger partial charge in [0, 0.05) is 11.9 Å². The second-order valence-corrected chi connectivity index (χ2v) is 6.39. The largest absolute Gasteiger partial charge is 0.462 e. The van der Waals surface area contributed by atoms with Crippen molar-refractivity contribution in [3.8, 4) is 0 Å². The van der Waals surface area contributed by atoms with Crippen LogP contribution in [0.4, 0.5) is 5.69 Å². The Morgan fingerprint density at radius 1 is 1.33 bits per heavy atom. The molecule has 1 aromatic carbocycles. The monoisotopic (exact) mass is 342 g/mol. The van der Waals surface area contributed by atoms with Gasteiger partial charge in [-0.25, -0.2) is 9.98 Å². The van der Waals surface area contributed by atoms with E-state index in [1.54, 1.807) is 12.1 Å². The predicted molar refractivity (Wildman–Crippen MR) is 91.2 cm³/mol. The molecule has 1 aliphatic carbocycles. The maximum absolute atomic E-state index is 12.3. The molecule has 1 atom stereocenters. The molecule has 1 aliphatic heterocycles. The van der Waals surface area contributed by atoms with E-state index in [2.05, 4.69) is 15.3 Å². The molecular formula is C17H15ClN4O2. The van der Waals surface area contributed by atoms with E-state index >= 15 is 0 Å². The number of fused-ring (bicyclic) bond motifs is 2. The number of rotatable bonds is 2. The van der Waals surface area contributed by atoms with Gasteiger partial charge in [-0.1, -0.05) is 17.7 Å². The summed E-state index contributed by atoms with van der Waals surface area (Å²) in [5.41, 5.74) is 8.54. The highest BCUT2D eigenvalue weighted by Crippen LogP contribution is 2.43. The van der Waals surface area contributed by atoms with Crippen molar-refractivity contribution in [3.63, 3.8) is 0 Å². The lowest BCUT2D eigenvalue weighted by atomic mass is 9.93. The molecule has 1 unspecified atom stereocenters. The fraction of sp³-hybridized carbons (Fsp3) is 0.235. The molecule has 4 rings (SSSR count). The van der Waals surface area contributed by atoms with Gasteiger partial charge in [-0.2, -0.15) is 0 Å². The number of ether oxygens (including phenoxy) is 1. The van der Waals surface area contributed by atoms with Gasteiger partial charge < -0.3 is 15.8 Å². The molecule has 0 saturated carbocycles. The summed E-state index contributed by atoms with van der Waals surface area (Å²) >= 11 is 5.79. The predicted octanol–water partition coefficient (Wildman–Crippen LogP) is 2.47. The van der Waals surface area contributed by atoms with Crippen LogP contribution in [0.1, 0.15) is 28.0 Å². The number of pyridine rings is 1. The number of aromatic nitrogens is 1. The number of amides is 1. The molecule has 1 spiro atoms. The fourth-order valence-corrected chi connectivity index (χ4v) is 3.33. The van der Waals surface area contributed by atoms with Gasteiger partial charge in [-0.05, 0) is 48.2 Å². The first-order chi connectivity index (χ1) is 11.6. The molecule has 1 aromatic heterocycles. The van der Waals surface area contributed by atoms with Crippen LogP contribution in [0.5, 0.6) is 0 Å². The van der Waals surface area contributed by atoms with Crippen LogP contribution in [-0.2, 0) is 16.7 Å². The summed E-state index contributed by atoms with van der Waals surface area (Å²) < 4.78 is 5.37. The minimum atomic E-state index is -0.418. The van der Waals surface area contributed by atoms with Gasteiger partial charge >= 0.3 is 0 Å². The Hall–Kier alpha value is -2.60. The molecule has 0 saturated heterocycles. The number of nitrogens with one attached hydrogen (secondary N) is 1. The minimum absolute atomic E-state index is 0.225. The number of hydrogen-bond acceptors (Lipinski definition) is 5. The van der Waals surface area contributed by atoms with Crippen LogP contribution in [0.3, 0.4) is 0 Å². The smallest absolute Gasteiger partial charge is 0.283 e. The van der Waals surface area contributed by atoms with Crippen molar-refractivity contribution in [1.82, 2.24) is 4.98 Å². The molecule has 2 aliphatic rings. The van der Waals surface area contributed by atoms with E-state index in [-0.39, 0.29) is 11.9 Å². The third kappa shape index (κ3) is 2.49. The quantitative estimate of drug-likeness (QED) is 0.877. The standard InChI is InChI=1S/C17H15ClN4O2/c18-11-2-4-14(20-8-11)15(23)21-12-3-1-10-5-6-17(13(10)7-12)9-24-16(19)22-17/h1-4,7-8H,5-6,9H2,(H2,19,22)(H,21,23). The number of hydrogen-bond donors (Lipinski definition) is 2. The first kappa shape index (κ1) is 15.0. The maximum Gasteiger partial charge on any atom is 0.283 e. The van der Waals surface area contributed by atoms with E-state index in [1.165, 1.54) is 11.8 Å². The average Bonchev–Trinajstić information content (AvgIpc) is 3.12. The molecule has 2 heterocycles. The molecular weight excluding hydrogens is 328 g/mol. The highest BCUT2D eigenvalue weighted by atomic mass is 35.5. The molecule has 7 heteroatoms. The molecule has 3 N–H and O–H groups in total. The van der Waals surface area contributed by atoms with Crippen LogP contribution in [0, 0.1) is 0 Å². The number of halogens is 1. The van der Waals surface area contributed by atoms with Crippen LogP contribution in [0.2, 0.25) is 5.02 Å². The first-order valence-electron chi connectivity index (χ1n) is 7.60. The van der Waals surface area contributed by atoms with Crippen molar-refractivity contribution in [2.45, 2.75) is 18.4 Å². The molecule has 1 amide bonds.